The Morgan fingerprint density at radius 3 is 2.33 bits per heavy atom. The Kier molecular flexibility index (Phi) is 3.76. The van der Waals surface area contributed by atoms with Gasteiger partial charge in [-0.3, -0.25) is 0 Å². The Balaban J connectivity index is 2.44. The van der Waals surface area contributed by atoms with Gasteiger partial charge in [-0.1, -0.05) is 48.5 Å². The maximum absolute atomic E-state index is 8.86. The second-order valence-corrected chi connectivity index (χ2v) is 4.37. The van der Waals surface area contributed by atoms with Gasteiger partial charge in [0.2, 0.25) is 0 Å². The molecule has 2 aromatic rings. The fourth-order valence-electron chi connectivity index (χ4n) is 2.19. The zero-order chi connectivity index (χ0) is 13.0. The summed E-state index contributed by atoms with van der Waals surface area (Å²) in [4.78, 5) is 0. The van der Waals surface area contributed by atoms with Crippen LogP contribution in [0.3, 0.4) is 0 Å². The summed E-state index contributed by atoms with van der Waals surface area (Å²) in [5.74, 6) is 0. The molecule has 90 valence electrons. The highest BCUT2D eigenvalue weighted by molar-refractivity contribution is 5.41. The molecular weight excluding hydrogens is 220 g/mol. The molecule has 0 amide bonds. The second-order valence-electron chi connectivity index (χ2n) is 4.37. The van der Waals surface area contributed by atoms with Crippen LogP contribution >= 0.6 is 0 Å². The highest BCUT2D eigenvalue weighted by Gasteiger charge is 2.14. The quantitative estimate of drug-likeness (QED) is 0.890. The van der Waals surface area contributed by atoms with E-state index >= 15 is 0 Å². The third kappa shape index (κ3) is 2.42. The van der Waals surface area contributed by atoms with E-state index in [4.69, 9.17) is 11.0 Å². The van der Waals surface area contributed by atoms with Crippen LogP contribution in [0.15, 0.2) is 48.5 Å². The minimum atomic E-state index is -0.171. The van der Waals surface area contributed by atoms with Crippen molar-refractivity contribution in [3.63, 3.8) is 0 Å². The molecule has 2 nitrogen and oxygen atoms in total. The second kappa shape index (κ2) is 5.48. The predicted octanol–water partition coefficient (Wildman–Crippen LogP) is 3.11. The number of hydrogen-bond donors (Lipinski definition) is 1. The minimum absolute atomic E-state index is 0.171. The normalized spacial score (nSPS) is 11.8. The standard InChI is InChI=1S/C16H16N2/c1-12-6-2-4-8-14(12)16(18)15-9-5-3-7-13(15)10-11-17/h2-9,16H,10,18H2,1H3. The van der Waals surface area contributed by atoms with Gasteiger partial charge in [-0.15, -0.1) is 0 Å². The van der Waals surface area contributed by atoms with Gasteiger partial charge in [-0.2, -0.15) is 5.26 Å². The number of aryl methyl sites for hydroxylation is 1. The molecule has 2 heteroatoms. The molecule has 0 aromatic heterocycles. The molecule has 2 aromatic carbocycles. The molecule has 0 aliphatic rings. The minimum Gasteiger partial charge on any atom is -0.320 e. The zero-order valence-corrected chi connectivity index (χ0v) is 10.4. The summed E-state index contributed by atoms with van der Waals surface area (Å²) in [7, 11) is 0. The van der Waals surface area contributed by atoms with Gasteiger partial charge in [-0.25, -0.2) is 0 Å². The van der Waals surface area contributed by atoms with Crippen molar-refractivity contribution in [2.45, 2.75) is 19.4 Å². The highest BCUT2D eigenvalue weighted by Crippen LogP contribution is 2.25. The number of nitrogens with zero attached hydrogens (tertiary/aromatic N) is 1. The van der Waals surface area contributed by atoms with Crippen molar-refractivity contribution >= 4 is 0 Å². The summed E-state index contributed by atoms with van der Waals surface area (Å²) < 4.78 is 0. The van der Waals surface area contributed by atoms with Crippen molar-refractivity contribution in [2.75, 3.05) is 0 Å². The first-order valence-electron chi connectivity index (χ1n) is 6.00. The summed E-state index contributed by atoms with van der Waals surface area (Å²) in [6, 6.07) is 18.0. The van der Waals surface area contributed by atoms with Crippen LogP contribution in [0.5, 0.6) is 0 Å². The first-order valence-corrected chi connectivity index (χ1v) is 6.00. The van der Waals surface area contributed by atoms with Crippen molar-refractivity contribution in [1.29, 1.82) is 5.26 Å². The van der Waals surface area contributed by atoms with Crippen molar-refractivity contribution < 1.29 is 0 Å². The third-order valence-electron chi connectivity index (χ3n) is 3.18. The molecule has 2 N–H and O–H groups in total. The lowest BCUT2D eigenvalue weighted by Gasteiger charge is -2.17. The van der Waals surface area contributed by atoms with E-state index in [-0.39, 0.29) is 6.04 Å². The first-order chi connectivity index (χ1) is 8.74. The van der Waals surface area contributed by atoms with Crippen molar-refractivity contribution in [3.8, 4) is 6.07 Å². The maximum atomic E-state index is 8.86. The van der Waals surface area contributed by atoms with Gasteiger partial charge >= 0.3 is 0 Å². The molecule has 18 heavy (non-hydrogen) atoms. The summed E-state index contributed by atoms with van der Waals surface area (Å²) in [5.41, 5.74) is 10.7. The molecule has 0 saturated heterocycles. The van der Waals surface area contributed by atoms with E-state index in [2.05, 4.69) is 19.1 Å². The van der Waals surface area contributed by atoms with Gasteiger partial charge < -0.3 is 5.73 Å². The van der Waals surface area contributed by atoms with E-state index in [0.717, 1.165) is 16.7 Å². The Hall–Kier alpha value is -2.11. The van der Waals surface area contributed by atoms with Gasteiger partial charge in [-0.05, 0) is 29.2 Å². The van der Waals surface area contributed by atoms with Crippen LogP contribution in [0.1, 0.15) is 28.3 Å². The van der Waals surface area contributed by atoms with Crippen LogP contribution in [0.4, 0.5) is 0 Å². The molecule has 0 spiro atoms. The number of nitriles is 1. The fourth-order valence-corrected chi connectivity index (χ4v) is 2.19. The molecule has 0 aliphatic carbocycles. The van der Waals surface area contributed by atoms with Crippen molar-refractivity contribution in [3.05, 3.63) is 70.8 Å². The van der Waals surface area contributed by atoms with Gasteiger partial charge in [0.05, 0.1) is 18.5 Å². The van der Waals surface area contributed by atoms with Crippen LogP contribution in [0, 0.1) is 18.3 Å². The van der Waals surface area contributed by atoms with E-state index < -0.39 is 0 Å². The number of hydrogen-bond acceptors (Lipinski definition) is 2. The first kappa shape index (κ1) is 12.3. The molecule has 0 fully saturated rings. The van der Waals surface area contributed by atoms with E-state index in [1.165, 1.54) is 5.56 Å². The Labute approximate surface area is 108 Å². The summed E-state index contributed by atoms with van der Waals surface area (Å²) in [6.07, 6.45) is 0.399. The predicted molar refractivity (Wildman–Crippen MR) is 73.0 cm³/mol. The van der Waals surface area contributed by atoms with Crippen LogP contribution < -0.4 is 5.73 Å². The molecule has 2 rings (SSSR count). The molecule has 1 atom stereocenters. The molecule has 0 saturated carbocycles. The highest BCUT2D eigenvalue weighted by atomic mass is 14.6. The van der Waals surface area contributed by atoms with Crippen LogP contribution in [0.2, 0.25) is 0 Å². The Morgan fingerprint density at radius 1 is 1.06 bits per heavy atom. The summed E-state index contributed by atoms with van der Waals surface area (Å²) >= 11 is 0. The van der Waals surface area contributed by atoms with Crippen LogP contribution in [-0.2, 0) is 6.42 Å². The number of benzene rings is 2. The van der Waals surface area contributed by atoms with E-state index in [9.17, 15) is 0 Å². The number of rotatable bonds is 3. The monoisotopic (exact) mass is 236 g/mol. The lowest BCUT2D eigenvalue weighted by molar-refractivity contribution is 0.847. The Morgan fingerprint density at radius 2 is 1.67 bits per heavy atom. The molecule has 0 aliphatic heterocycles. The molecule has 1 unspecified atom stereocenters. The van der Waals surface area contributed by atoms with Gasteiger partial charge in [0.1, 0.15) is 0 Å². The molecular formula is C16H16N2. The summed E-state index contributed by atoms with van der Waals surface area (Å²) in [6.45, 7) is 2.06. The maximum Gasteiger partial charge on any atom is 0.0669 e. The van der Waals surface area contributed by atoms with E-state index in [1.54, 1.807) is 0 Å². The van der Waals surface area contributed by atoms with Crippen LogP contribution in [0.25, 0.3) is 0 Å². The fraction of sp³-hybridized carbons (Fsp3) is 0.188. The largest absolute Gasteiger partial charge is 0.320 e. The van der Waals surface area contributed by atoms with Gasteiger partial charge in [0, 0.05) is 0 Å². The van der Waals surface area contributed by atoms with Gasteiger partial charge in [0.25, 0.3) is 0 Å². The zero-order valence-electron chi connectivity index (χ0n) is 10.4. The Bertz CT molecular complexity index is 582. The summed E-state index contributed by atoms with van der Waals surface area (Å²) in [5, 5.41) is 8.86. The average molecular weight is 236 g/mol. The van der Waals surface area contributed by atoms with E-state index in [0.29, 0.717) is 6.42 Å². The van der Waals surface area contributed by atoms with Crippen molar-refractivity contribution in [1.82, 2.24) is 0 Å². The van der Waals surface area contributed by atoms with Crippen LogP contribution in [-0.4, -0.2) is 0 Å². The lowest BCUT2D eigenvalue weighted by Crippen LogP contribution is -2.15. The van der Waals surface area contributed by atoms with Crippen molar-refractivity contribution in [2.24, 2.45) is 5.73 Å². The smallest absolute Gasteiger partial charge is 0.0669 e. The molecule has 0 bridgehead atoms. The average Bonchev–Trinajstić information content (AvgIpc) is 2.40. The number of nitrogens with two attached hydrogens (primary N) is 1. The van der Waals surface area contributed by atoms with Gasteiger partial charge in [0.15, 0.2) is 0 Å². The molecule has 0 heterocycles. The third-order valence-corrected chi connectivity index (χ3v) is 3.18. The SMILES string of the molecule is Cc1ccccc1C(N)c1ccccc1CC#N. The lowest BCUT2D eigenvalue weighted by atomic mass is 9.92. The molecule has 0 radical (unpaired) electrons. The topological polar surface area (TPSA) is 49.8 Å². The van der Waals surface area contributed by atoms with E-state index in [1.807, 2.05) is 42.5 Å².